The standard InChI is InChI=1S/C21H20F3N4/c1-13-10-16-17(11-25)20(28(15-6-5-7-15)19(16)12-26-13)18-8-3-4-9-27(18)14(2)21(22,23)24/h3-4,8-10,12,14-15H,5-7H2,1-2H3/q+1/t14-/m0/s1. The van der Waals surface area contributed by atoms with Crippen LogP contribution in [-0.4, -0.2) is 15.7 Å². The summed E-state index contributed by atoms with van der Waals surface area (Å²) in [6.45, 7) is 2.98. The Morgan fingerprint density at radius 3 is 2.68 bits per heavy atom. The van der Waals surface area contributed by atoms with Crippen LogP contribution in [0.4, 0.5) is 13.2 Å². The second kappa shape index (κ2) is 6.62. The van der Waals surface area contributed by atoms with Gasteiger partial charge in [-0.25, -0.2) is 0 Å². The molecule has 0 bridgehead atoms. The Labute approximate surface area is 160 Å². The van der Waals surface area contributed by atoms with Gasteiger partial charge in [-0.3, -0.25) is 4.98 Å². The van der Waals surface area contributed by atoms with Crippen LogP contribution in [0.25, 0.3) is 22.3 Å². The molecular weight excluding hydrogens is 365 g/mol. The zero-order chi connectivity index (χ0) is 20.1. The minimum absolute atomic E-state index is 0.166. The third kappa shape index (κ3) is 2.84. The van der Waals surface area contributed by atoms with Crippen molar-refractivity contribution in [3.8, 4) is 17.5 Å². The fourth-order valence-electron chi connectivity index (χ4n) is 3.85. The molecule has 0 unspecified atom stereocenters. The molecule has 0 radical (unpaired) electrons. The van der Waals surface area contributed by atoms with Crippen LogP contribution in [0.5, 0.6) is 0 Å². The maximum absolute atomic E-state index is 13.5. The zero-order valence-electron chi connectivity index (χ0n) is 15.7. The highest BCUT2D eigenvalue weighted by Crippen LogP contribution is 2.42. The summed E-state index contributed by atoms with van der Waals surface area (Å²) < 4.78 is 43.8. The van der Waals surface area contributed by atoms with E-state index >= 15 is 0 Å². The first-order valence-electron chi connectivity index (χ1n) is 9.30. The Hall–Kier alpha value is -2.88. The molecule has 1 saturated carbocycles. The molecule has 3 aromatic rings. The van der Waals surface area contributed by atoms with Crippen molar-refractivity contribution < 1.29 is 17.7 Å². The summed E-state index contributed by atoms with van der Waals surface area (Å²) in [7, 11) is 0. The Morgan fingerprint density at radius 2 is 2.07 bits per heavy atom. The molecular formula is C21H20F3N4+. The van der Waals surface area contributed by atoms with E-state index in [0.717, 1.165) is 42.8 Å². The molecule has 1 fully saturated rings. The van der Waals surface area contributed by atoms with Gasteiger partial charge < -0.3 is 4.57 Å². The number of hydrogen-bond acceptors (Lipinski definition) is 2. The van der Waals surface area contributed by atoms with Crippen molar-refractivity contribution in [3.63, 3.8) is 0 Å². The lowest BCUT2D eigenvalue weighted by molar-refractivity contribution is -0.734. The van der Waals surface area contributed by atoms with E-state index in [4.69, 9.17) is 0 Å². The largest absolute Gasteiger partial charge is 0.451 e. The SMILES string of the molecule is Cc1cc2c(C#N)c(-c3cccc[n+]3[C@@H](C)C(F)(F)F)n(C3CCC3)c2cn1. The van der Waals surface area contributed by atoms with E-state index in [9.17, 15) is 18.4 Å². The molecule has 3 heterocycles. The second-order valence-corrected chi connectivity index (χ2v) is 7.34. The second-order valence-electron chi connectivity index (χ2n) is 7.34. The Balaban J connectivity index is 2.07. The van der Waals surface area contributed by atoms with E-state index in [1.165, 1.54) is 10.8 Å². The molecule has 0 aromatic carbocycles. The van der Waals surface area contributed by atoms with Crippen LogP contribution in [0, 0.1) is 18.3 Å². The van der Waals surface area contributed by atoms with E-state index in [2.05, 4.69) is 11.1 Å². The summed E-state index contributed by atoms with van der Waals surface area (Å²) in [5.41, 5.74) is 2.92. The number of nitrogens with zero attached hydrogens (tertiary/aromatic N) is 4. The lowest BCUT2D eigenvalue weighted by Gasteiger charge is -2.29. The molecule has 7 heteroatoms. The van der Waals surface area contributed by atoms with Gasteiger partial charge in [0.25, 0.3) is 6.04 Å². The van der Waals surface area contributed by atoms with Crippen LogP contribution in [0.2, 0.25) is 0 Å². The van der Waals surface area contributed by atoms with Crippen molar-refractivity contribution in [2.45, 2.75) is 51.4 Å². The van der Waals surface area contributed by atoms with E-state index < -0.39 is 12.2 Å². The van der Waals surface area contributed by atoms with Gasteiger partial charge in [0.2, 0.25) is 5.69 Å². The van der Waals surface area contributed by atoms with Crippen LogP contribution in [0.15, 0.2) is 36.7 Å². The van der Waals surface area contributed by atoms with Crippen LogP contribution >= 0.6 is 0 Å². The zero-order valence-corrected chi connectivity index (χ0v) is 15.7. The molecule has 0 N–H and O–H groups in total. The Kier molecular flexibility index (Phi) is 4.37. The average molecular weight is 385 g/mol. The van der Waals surface area contributed by atoms with Crippen LogP contribution in [-0.2, 0) is 0 Å². The van der Waals surface area contributed by atoms with Gasteiger partial charge in [0, 0.05) is 36.2 Å². The third-order valence-electron chi connectivity index (χ3n) is 5.60. The first kappa shape index (κ1) is 18.5. The minimum Gasteiger partial charge on any atom is -0.330 e. The van der Waals surface area contributed by atoms with Gasteiger partial charge in [0.05, 0.1) is 17.3 Å². The quantitative estimate of drug-likeness (QED) is 0.595. The summed E-state index contributed by atoms with van der Waals surface area (Å²) >= 11 is 0. The fraction of sp³-hybridized carbons (Fsp3) is 0.381. The molecule has 0 amide bonds. The smallest absolute Gasteiger partial charge is 0.330 e. The van der Waals surface area contributed by atoms with Crippen LogP contribution in [0.3, 0.4) is 0 Å². The highest BCUT2D eigenvalue weighted by Gasteiger charge is 2.45. The van der Waals surface area contributed by atoms with Crippen molar-refractivity contribution in [1.82, 2.24) is 9.55 Å². The minimum atomic E-state index is -4.39. The summed E-state index contributed by atoms with van der Waals surface area (Å²) in [4.78, 5) is 4.37. The van der Waals surface area contributed by atoms with Crippen molar-refractivity contribution in [2.24, 2.45) is 0 Å². The van der Waals surface area contributed by atoms with Gasteiger partial charge in [0.15, 0.2) is 6.20 Å². The van der Waals surface area contributed by atoms with Crippen molar-refractivity contribution in [1.29, 1.82) is 5.26 Å². The molecule has 1 aliphatic rings. The van der Waals surface area contributed by atoms with Gasteiger partial charge in [-0.2, -0.15) is 23.0 Å². The van der Waals surface area contributed by atoms with E-state index in [1.807, 2.05) is 17.6 Å². The van der Waals surface area contributed by atoms with E-state index in [0.29, 0.717) is 17.0 Å². The normalized spacial score (nSPS) is 16.0. The Bertz CT molecular complexity index is 1090. The fourth-order valence-corrected chi connectivity index (χ4v) is 3.85. The highest BCUT2D eigenvalue weighted by molar-refractivity contribution is 5.93. The monoisotopic (exact) mass is 385 g/mol. The first-order chi connectivity index (χ1) is 13.3. The van der Waals surface area contributed by atoms with Crippen molar-refractivity contribution in [2.75, 3.05) is 0 Å². The molecule has 0 aliphatic heterocycles. The number of rotatable bonds is 3. The van der Waals surface area contributed by atoms with Crippen LogP contribution < -0.4 is 4.57 Å². The lowest BCUT2D eigenvalue weighted by atomic mass is 9.92. The maximum atomic E-state index is 13.5. The number of alkyl halides is 3. The molecule has 0 spiro atoms. The first-order valence-corrected chi connectivity index (χ1v) is 9.30. The van der Waals surface area contributed by atoms with Gasteiger partial charge in [-0.15, -0.1) is 0 Å². The summed E-state index contributed by atoms with van der Waals surface area (Å²) in [6, 6.07) is 7.50. The van der Waals surface area contributed by atoms with Gasteiger partial charge in [0.1, 0.15) is 11.8 Å². The number of halogens is 3. The molecule has 28 heavy (non-hydrogen) atoms. The summed E-state index contributed by atoms with van der Waals surface area (Å²) in [6.07, 6.45) is 1.72. The van der Waals surface area contributed by atoms with Crippen molar-refractivity contribution >= 4 is 10.9 Å². The molecule has 3 aromatic heterocycles. The number of aromatic nitrogens is 3. The Morgan fingerprint density at radius 1 is 1.32 bits per heavy atom. The maximum Gasteiger partial charge on any atom is 0.451 e. The number of hydrogen-bond donors (Lipinski definition) is 0. The molecule has 1 atom stereocenters. The number of aryl methyl sites for hydroxylation is 1. The molecule has 0 saturated heterocycles. The highest BCUT2D eigenvalue weighted by atomic mass is 19.4. The van der Waals surface area contributed by atoms with Gasteiger partial charge >= 0.3 is 6.18 Å². The molecule has 4 nitrogen and oxygen atoms in total. The molecule has 4 rings (SSSR count). The predicted molar refractivity (Wildman–Crippen MR) is 98.5 cm³/mol. The number of pyridine rings is 2. The summed E-state index contributed by atoms with van der Waals surface area (Å²) in [5.74, 6) is 0. The predicted octanol–water partition coefficient (Wildman–Crippen LogP) is 5.02. The molecule has 144 valence electrons. The van der Waals surface area contributed by atoms with E-state index in [1.54, 1.807) is 24.4 Å². The number of fused-ring (bicyclic) bond motifs is 1. The average Bonchev–Trinajstić information content (AvgIpc) is 2.92. The molecule has 1 aliphatic carbocycles. The third-order valence-corrected chi connectivity index (χ3v) is 5.60. The van der Waals surface area contributed by atoms with Crippen molar-refractivity contribution in [3.05, 3.63) is 47.9 Å². The van der Waals surface area contributed by atoms with Gasteiger partial charge in [-0.1, -0.05) is 0 Å². The topological polar surface area (TPSA) is 45.5 Å². The number of nitriles is 1. The summed E-state index contributed by atoms with van der Waals surface area (Å²) in [5, 5.41) is 10.7. The van der Waals surface area contributed by atoms with E-state index in [-0.39, 0.29) is 6.04 Å². The van der Waals surface area contributed by atoms with Crippen LogP contribution in [0.1, 0.15) is 49.5 Å². The van der Waals surface area contributed by atoms with Gasteiger partial charge in [-0.05, 0) is 38.3 Å². The lowest BCUT2D eigenvalue weighted by Crippen LogP contribution is -2.47.